The van der Waals surface area contributed by atoms with E-state index in [1.807, 2.05) is 54.6 Å². The van der Waals surface area contributed by atoms with Gasteiger partial charge in [0.2, 0.25) is 0 Å². The van der Waals surface area contributed by atoms with Crippen LogP contribution in [0, 0.1) is 12.3 Å². The van der Waals surface area contributed by atoms with Crippen molar-refractivity contribution < 1.29 is 8.42 Å². The molecule has 1 aliphatic rings. The standard InChI is InChI=1S/C25H20ClN3O2S2/c1-3-18-9-7-8-12-23(18)33(30,31)28-25(32-2)29-17-22(19-10-5-4-6-11-19)24(27-29)20-13-15-21(26)16-14-20/h1,4-16,22H,17H2,2H3. The molecule has 33 heavy (non-hydrogen) atoms. The van der Waals surface area contributed by atoms with E-state index in [1.165, 1.54) is 17.8 Å². The van der Waals surface area contributed by atoms with Gasteiger partial charge in [-0.1, -0.05) is 83.9 Å². The monoisotopic (exact) mass is 493 g/mol. The molecule has 3 aromatic rings. The van der Waals surface area contributed by atoms with Crippen molar-refractivity contribution in [2.75, 3.05) is 12.8 Å². The van der Waals surface area contributed by atoms with Crippen molar-refractivity contribution in [3.05, 3.63) is 101 Å². The SMILES string of the molecule is C#Cc1ccccc1S(=O)(=O)N=C(SC)N1CC(c2ccccc2)C(c2ccc(Cl)cc2)=N1. The van der Waals surface area contributed by atoms with Crippen molar-refractivity contribution in [2.24, 2.45) is 9.50 Å². The molecule has 0 fully saturated rings. The number of hydrogen-bond acceptors (Lipinski definition) is 4. The third kappa shape index (κ3) is 4.98. The molecule has 1 heterocycles. The summed E-state index contributed by atoms with van der Waals surface area (Å²) < 4.78 is 30.3. The second-order valence-corrected chi connectivity index (χ2v) is 10.0. The van der Waals surface area contributed by atoms with Crippen molar-refractivity contribution in [3.8, 4) is 12.3 Å². The number of rotatable bonds is 4. The first kappa shape index (κ1) is 23.1. The van der Waals surface area contributed by atoms with Crippen LogP contribution in [0.1, 0.15) is 22.6 Å². The number of thioether (sulfide) groups is 1. The summed E-state index contributed by atoms with van der Waals surface area (Å²) >= 11 is 7.29. The van der Waals surface area contributed by atoms with Gasteiger partial charge in [-0.25, -0.2) is 5.01 Å². The number of amidine groups is 1. The van der Waals surface area contributed by atoms with Crippen LogP contribution in [-0.2, 0) is 10.0 Å². The molecule has 0 aromatic heterocycles. The Labute approximate surface area is 203 Å². The van der Waals surface area contributed by atoms with E-state index in [1.54, 1.807) is 29.5 Å². The second kappa shape index (κ2) is 9.84. The van der Waals surface area contributed by atoms with Crippen LogP contribution in [0.15, 0.2) is 93.3 Å². The zero-order valence-electron chi connectivity index (χ0n) is 17.7. The van der Waals surface area contributed by atoms with Gasteiger partial charge in [0.1, 0.15) is 4.90 Å². The van der Waals surface area contributed by atoms with Gasteiger partial charge in [0, 0.05) is 16.5 Å². The first-order valence-electron chi connectivity index (χ1n) is 10.0. The third-order valence-electron chi connectivity index (χ3n) is 5.18. The van der Waals surface area contributed by atoms with E-state index in [4.69, 9.17) is 23.1 Å². The Kier molecular flexibility index (Phi) is 6.89. The Morgan fingerprint density at radius 2 is 1.76 bits per heavy atom. The van der Waals surface area contributed by atoms with Gasteiger partial charge in [0.05, 0.1) is 12.3 Å². The molecule has 0 saturated heterocycles. The molecule has 5 nitrogen and oxygen atoms in total. The largest absolute Gasteiger partial charge is 0.286 e. The van der Waals surface area contributed by atoms with Crippen molar-refractivity contribution in [1.82, 2.24) is 5.01 Å². The number of hydrogen-bond donors (Lipinski definition) is 0. The molecule has 8 heteroatoms. The average molecular weight is 494 g/mol. The molecule has 1 atom stereocenters. The topological polar surface area (TPSA) is 62.1 Å². The number of halogens is 1. The molecule has 1 unspecified atom stereocenters. The van der Waals surface area contributed by atoms with Gasteiger partial charge in [-0.2, -0.15) is 13.5 Å². The zero-order chi connectivity index (χ0) is 23.4. The summed E-state index contributed by atoms with van der Waals surface area (Å²) in [6.45, 7) is 0.452. The number of nitrogens with zero attached hydrogens (tertiary/aromatic N) is 3. The van der Waals surface area contributed by atoms with E-state index in [0.29, 0.717) is 11.6 Å². The van der Waals surface area contributed by atoms with Gasteiger partial charge in [0.15, 0.2) is 5.17 Å². The van der Waals surface area contributed by atoms with Gasteiger partial charge < -0.3 is 0 Å². The lowest BCUT2D eigenvalue weighted by Gasteiger charge is -2.17. The first-order chi connectivity index (χ1) is 15.9. The highest BCUT2D eigenvalue weighted by Crippen LogP contribution is 2.31. The van der Waals surface area contributed by atoms with Crippen LogP contribution in [0.3, 0.4) is 0 Å². The molecule has 3 aromatic carbocycles. The van der Waals surface area contributed by atoms with E-state index >= 15 is 0 Å². The minimum atomic E-state index is -4.03. The predicted molar refractivity (Wildman–Crippen MR) is 136 cm³/mol. The number of sulfonamides is 1. The number of hydrazone groups is 1. The van der Waals surface area contributed by atoms with Crippen LogP contribution in [0.2, 0.25) is 5.02 Å². The molecule has 0 saturated carbocycles. The van der Waals surface area contributed by atoms with Gasteiger partial charge in [-0.05, 0) is 41.6 Å². The quantitative estimate of drug-likeness (QED) is 0.283. The van der Waals surface area contributed by atoms with E-state index in [2.05, 4.69) is 10.3 Å². The molecule has 0 spiro atoms. The molecule has 166 valence electrons. The minimum absolute atomic E-state index is 0.000222. The van der Waals surface area contributed by atoms with Gasteiger partial charge in [-0.15, -0.1) is 10.8 Å². The smallest absolute Gasteiger partial charge is 0.240 e. The Morgan fingerprint density at radius 1 is 1.09 bits per heavy atom. The molecule has 4 rings (SSSR count). The summed E-state index contributed by atoms with van der Waals surface area (Å²) in [5.41, 5.74) is 3.09. The Bertz CT molecular complexity index is 1360. The molecule has 0 radical (unpaired) electrons. The summed E-state index contributed by atoms with van der Waals surface area (Å²) in [7, 11) is -4.03. The number of terminal acetylenes is 1. The van der Waals surface area contributed by atoms with Crippen LogP contribution in [-0.4, -0.2) is 37.1 Å². The van der Waals surface area contributed by atoms with Gasteiger partial charge in [-0.3, -0.25) is 0 Å². The highest BCUT2D eigenvalue weighted by molar-refractivity contribution is 8.13. The fourth-order valence-corrected chi connectivity index (χ4v) is 5.70. The van der Waals surface area contributed by atoms with Crippen LogP contribution >= 0.6 is 23.4 Å². The molecular formula is C25H20ClN3O2S2. The molecule has 0 aliphatic carbocycles. The molecule has 0 N–H and O–H groups in total. The maximum Gasteiger partial charge on any atom is 0.286 e. The maximum absolute atomic E-state index is 13.1. The van der Waals surface area contributed by atoms with E-state index in [-0.39, 0.29) is 21.5 Å². The molecule has 1 aliphatic heterocycles. The molecule has 0 bridgehead atoms. The first-order valence-corrected chi connectivity index (χ1v) is 13.1. The Balaban J connectivity index is 1.76. The van der Waals surface area contributed by atoms with E-state index < -0.39 is 10.0 Å². The number of benzene rings is 3. The highest BCUT2D eigenvalue weighted by atomic mass is 35.5. The van der Waals surface area contributed by atoms with Crippen molar-refractivity contribution in [1.29, 1.82) is 0 Å². The lowest BCUT2D eigenvalue weighted by atomic mass is 9.91. The summed E-state index contributed by atoms with van der Waals surface area (Å²) in [4.78, 5) is -0.000222. The molecule has 0 amide bonds. The summed E-state index contributed by atoms with van der Waals surface area (Å²) in [5.74, 6) is 2.35. The van der Waals surface area contributed by atoms with Crippen LogP contribution < -0.4 is 0 Å². The molecular weight excluding hydrogens is 474 g/mol. The summed E-state index contributed by atoms with van der Waals surface area (Å²) in [6.07, 6.45) is 7.27. The maximum atomic E-state index is 13.1. The van der Waals surface area contributed by atoms with Crippen LogP contribution in [0.25, 0.3) is 0 Å². The average Bonchev–Trinajstić information content (AvgIpc) is 3.29. The van der Waals surface area contributed by atoms with Gasteiger partial charge >= 0.3 is 0 Å². The minimum Gasteiger partial charge on any atom is -0.240 e. The Hall–Kier alpha value is -3.05. The van der Waals surface area contributed by atoms with Crippen LogP contribution in [0.4, 0.5) is 0 Å². The summed E-state index contributed by atoms with van der Waals surface area (Å²) in [6, 6.07) is 23.8. The third-order valence-corrected chi connectivity index (χ3v) is 7.54. The van der Waals surface area contributed by atoms with Crippen molar-refractivity contribution >= 4 is 44.3 Å². The lowest BCUT2D eigenvalue weighted by Crippen LogP contribution is -2.24. The zero-order valence-corrected chi connectivity index (χ0v) is 20.1. The van der Waals surface area contributed by atoms with Crippen LogP contribution in [0.5, 0.6) is 0 Å². The van der Waals surface area contributed by atoms with E-state index in [9.17, 15) is 8.42 Å². The second-order valence-electron chi connectivity index (χ2n) is 7.23. The van der Waals surface area contributed by atoms with E-state index in [0.717, 1.165) is 16.8 Å². The summed E-state index contributed by atoms with van der Waals surface area (Å²) in [5, 5.41) is 7.33. The lowest BCUT2D eigenvalue weighted by molar-refractivity contribution is 0.484. The highest BCUT2D eigenvalue weighted by Gasteiger charge is 2.32. The van der Waals surface area contributed by atoms with Crippen molar-refractivity contribution in [3.63, 3.8) is 0 Å². The Morgan fingerprint density at radius 3 is 2.42 bits per heavy atom. The fraction of sp³-hybridized carbons (Fsp3) is 0.120. The van der Waals surface area contributed by atoms with Crippen molar-refractivity contribution in [2.45, 2.75) is 10.8 Å². The van der Waals surface area contributed by atoms with Gasteiger partial charge in [0.25, 0.3) is 10.0 Å². The normalized spacial score (nSPS) is 16.4. The fourth-order valence-electron chi connectivity index (χ4n) is 3.60. The predicted octanol–water partition coefficient (Wildman–Crippen LogP) is 5.23.